The van der Waals surface area contributed by atoms with Crippen LogP contribution in [0.1, 0.15) is 39.2 Å². The summed E-state index contributed by atoms with van der Waals surface area (Å²) in [4.78, 5) is 38.3. The molecule has 6 nitrogen and oxygen atoms in total. The molecule has 3 aromatic carbocycles. The number of halogens is 1. The molecule has 7 heteroatoms. The number of nitrogens with zero attached hydrogens (tertiary/aromatic N) is 1. The first kappa shape index (κ1) is 23.0. The summed E-state index contributed by atoms with van der Waals surface area (Å²) in [5.74, 6) is -0.777. The summed E-state index contributed by atoms with van der Waals surface area (Å²) < 4.78 is 1.39. The predicted molar refractivity (Wildman–Crippen MR) is 134 cm³/mol. The van der Waals surface area contributed by atoms with E-state index in [2.05, 4.69) is 10.6 Å². The molecule has 0 saturated heterocycles. The molecule has 34 heavy (non-hydrogen) atoms. The van der Waals surface area contributed by atoms with Crippen molar-refractivity contribution >= 4 is 29.1 Å². The van der Waals surface area contributed by atoms with E-state index in [0.29, 0.717) is 22.0 Å². The van der Waals surface area contributed by atoms with Crippen LogP contribution in [0, 0.1) is 0 Å². The van der Waals surface area contributed by atoms with Crippen LogP contribution in [0.15, 0.2) is 102 Å². The molecule has 0 aliphatic carbocycles. The molecule has 1 heterocycles. The number of rotatable bonds is 6. The lowest BCUT2D eigenvalue weighted by Crippen LogP contribution is -2.33. The normalized spacial score (nSPS) is 11.5. The van der Waals surface area contributed by atoms with E-state index in [0.717, 1.165) is 5.56 Å². The fourth-order valence-electron chi connectivity index (χ4n) is 3.52. The highest BCUT2D eigenvalue weighted by molar-refractivity contribution is 6.34. The summed E-state index contributed by atoms with van der Waals surface area (Å²) in [6.45, 7) is 1.87. The lowest BCUT2D eigenvalue weighted by Gasteiger charge is -2.15. The fraction of sp³-hybridized carbons (Fsp3) is 0.0741. The number of carbonyl (C=O) groups excluding carboxylic acids is 2. The molecule has 0 radical (unpaired) electrons. The molecule has 0 spiro atoms. The van der Waals surface area contributed by atoms with Crippen LogP contribution in [-0.2, 0) is 0 Å². The summed E-state index contributed by atoms with van der Waals surface area (Å²) in [5, 5.41) is 6.02. The maximum atomic E-state index is 13.0. The first-order valence-electron chi connectivity index (χ1n) is 10.7. The minimum atomic E-state index is -0.445. The number of amides is 2. The lowest BCUT2D eigenvalue weighted by atomic mass is 10.1. The van der Waals surface area contributed by atoms with Crippen LogP contribution in [0.5, 0.6) is 0 Å². The predicted octanol–water partition coefficient (Wildman–Crippen LogP) is 5.23. The minimum Gasteiger partial charge on any atom is -0.345 e. The maximum Gasteiger partial charge on any atom is 0.267 e. The largest absolute Gasteiger partial charge is 0.345 e. The van der Waals surface area contributed by atoms with Gasteiger partial charge in [0.2, 0.25) is 0 Å². The van der Waals surface area contributed by atoms with Crippen LogP contribution in [0.3, 0.4) is 0 Å². The SMILES string of the molecule is CC(NC(=O)c1cccn(-c2ccc(NC(=O)c3ccccc3Cl)cc2)c1=O)c1ccccc1. The van der Waals surface area contributed by atoms with Gasteiger partial charge in [-0.3, -0.25) is 19.0 Å². The summed E-state index contributed by atoms with van der Waals surface area (Å²) >= 11 is 6.08. The molecule has 0 aliphatic rings. The molecule has 4 rings (SSSR count). The van der Waals surface area contributed by atoms with Gasteiger partial charge < -0.3 is 10.6 Å². The zero-order valence-corrected chi connectivity index (χ0v) is 19.1. The van der Waals surface area contributed by atoms with E-state index in [1.807, 2.05) is 37.3 Å². The molecule has 0 bridgehead atoms. The number of hydrogen-bond acceptors (Lipinski definition) is 3. The van der Waals surface area contributed by atoms with Crippen molar-refractivity contribution in [1.29, 1.82) is 0 Å². The van der Waals surface area contributed by atoms with Gasteiger partial charge in [-0.05, 0) is 61.0 Å². The van der Waals surface area contributed by atoms with Crippen LogP contribution >= 0.6 is 11.6 Å². The maximum absolute atomic E-state index is 13.0. The van der Waals surface area contributed by atoms with Gasteiger partial charge >= 0.3 is 0 Å². The molecule has 1 aromatic heterocycles. The summed E-state index contributed by atoms with van der Waals surface area (Å²) in [6, 6.07) is 26.0. The second-order valence-corrected chi connectivity index (χ2v) is 8.09. The number of benzene rings is 3. The average Bonchev–Trinajstić information content (AvgIpc) is 2.85. The topological polar surface area (TPSA) is 80.2 Å². The molecule has 2 N–H and O–H groups in total. The highest BCUT2D eigenvalue weighted by atomic mass is 35.5. The molecule has 1 unspecified atom stereocenters. The van der Waals surface area contributed by atoms with Crippen molar-refractivity contribution in [3.05, 3.63) is 129 Å². The van der Waals surface area contributed by atoms with E-state index < -0.39 is 11.5 Å². The Morgan fingerprint density at radius 1 is 0.794 bits per heavy atom. The Balaban J connectivity index is 1.51. The van der Waals surface area contributed by atoms with Gasteiger partial charge in [-0.15, -0.1) is 0 Å². The van der Waals surface area contributed by atoms with Gasteiger partial charge in [0, 0.05) is 17.6 Å². The third-order valence-corrected chi connectivity index (χ3v) is 5.69. The van der Waals surface area contributed by atoms with Gasteiger partial charge in [0.1, 0.15) is 5.56 Å². The van der Waals surface area contributed by atoms with E-state index in [1.165, 1.54) is 10.6 Å². The van der Waals surface area contributed by atoms with Crippen LogP contribution < -0.4 is 16.2 Å². The summed E-state index contributed by atoms with van der Waals surface area (Å²) in [7, 11) is 0. The molecule has 0 fully saturated rings. The second-order valence-electron chi connectivity index (χ2n) is 7.68. The number of pyridine rings is 1. The quantitative estimate of drug-likeness (QED) is 0.404. The Bertz CT molecular complexity index is 1380. The van der Waals surface area contributed by atoms with Crippen molar-refractivity contribution in [1.82, 2.24) is 9.88 Å². The highest BCUT2D eigenvalue weighted by Gasteiger charge is 2.16. The second kappa shape index (κ2) is 10.2. The van der Waals surface area contributed by atoms with Gasteiger partial charge in [-0.1, -0.05) is 54.1 Å². The third kappa shape index (κ3) is 5.08. The number of nitrogens with one attached hydrogen (secondary N) is 2. The molecule has 0 saturated carbocycles. The summed E-state index contributed by atoms with van der Waals surface area (Å²) in [6.07, 6.45) is 1.59. The smallest absolute Gasteiger partial charge is 0.267 e. The molecule has 2 amide bonds. The molecule has 4 aromatic rings. The van der Waals surface area contributed by atoms with E-state index in [4.69, 9.17) is 11.6 Å². The van der Waals surface area contributed by atoms with Crippen LogP contribution in [0.2, 0.25) is 5.02 Å². The van der Waals surface area contributed by atoms with Crippen molar-refractivity contribution in [2.75, 3.05) is 5.32 Å². The third-order valence-electron chi connectivity index (χ3n) is 5.36. The van der Waals surface area contributed by atoms with Crippen molar-refractivity contribution in [2.45, 2.75) is 13.0 Å². The number of anilines is 1. The van der Waals surface area contributed by atoms with Crippen molar-refractivity contribution < 1.29 is 9.59 Å². The number of hydrogen-bond donors (Lipinski definition) is 2. The van der Waals surface area contributed by atoms with Crippen molar-refractivity contribution in [3.63, 3.8) is 0 Å². The van der Waals surface area contributed by atoms with E-state index in [1.54, 1.807) is 60.8 Å². The van der Waals surface area contributed by atoms with E-state index in [9.17, 15) is 14.4 Å². The van der Waals surface area contributed by atoms with Crippen molar-refractivity contribution in [3.8, 4) is 5.69 Å². The molecule has 0 aliphatic heterocycles. The Labute approximate surface area is 201 Å². The Morgan fingerprint density at radius 2 is 1.44 bits per heavy atom. The molecule has 170 valence electrons. The lowest BCUT2D eigenvalue weighted by molar-refractivity contribution is 0.0937. The van der Waals surface area contributed by atoms with Gasteiger partial charge in [0.15, 0.2) is 0 Å². The van der Waals surface area contributed by atoms with Crippen LogP contribution in [0.4, 0.5) is 5.69 Å². The molecular formula is C27H22ClN3O3. The van der Waals surface area contributed by atoms with Gasteiger partial charge in [0.25, 0.3) is 17.4 Å². The first-order chi connectivity index (χ1) is 16.4. The standard InChI is InChI=1S/C27H22ClN3O3/c1-18(19-8-3-2-4-9-19)29-26(33)23-11-7-17-31(27(23)34)21-15-13-20(14-16-21)30-25(32)22-10-5-6-12-24(22)28/h2-18H,1H3,(H,29,33)(H,30,32). The fourth-order valence-corrected chi connectivity index (χ4v) is 3.74. The van der Waals surface area contributed by atoms with Gasteiger partial charge in [0.05, 0.1) is 16.6 Å². The first-order valence-corrected chi connectivity index (χ1v) is 11.1. The Kier molecular flexibility index (Phi) is 6.90. The molecular weight excluding hydrogens is 450 g/mol. The van der Waals surface area contributed by atoms with Crippen LogP contribution in [0.25, 0.3) is 5.69 Å². The monoisotopic (exact) mass is 471 g/mol. The summed E-state index contributed by atoms with van der Waals surface area (Å²) in [5.41, 5.74) is 2.03. The van der Waals surface area contributed by atoms with Crippen LogP contribution in [-0.4, -0.2) is 16.4 Å². The Hall–Kier alpha value is -4.16. The minimum absolute atomic E-state index is 0.0429. The van der Waals surface area contributed by atoms with Crippen molar-refractivity contribution in [2.24, 2.45) is 0 Å². The van der Waals surface area contributed by atoms with E-state index >= 15 is 0 Å². The average molecular weight is 472 g/mol. The van der Waals surface area contributed by atoms with Gasteiger partial charge in [-0.25, -0.2) is 0 Å². The number of carbonyl (C=O) groups is 2. The number of aromatic nitrogens is 1. The Morgan fingerprint density at radius 3 is 2.15 bits per heavy atom. The zero-order chi connectivity index (χ0) is 24.1. The van der Waals surface area contributed by atoms with E-state index in [-0.39, 0.29) is 17.5 Å². The van der Waals surface area contributed by atoms with Gasteiger partial charge in [-0.2, -0.15) is 0 Å². The highest BCUT2D eigenvalue weighted by Crippen LogP contribution is 2.18. The molecule has 1 atom stereocenters. The zero-order valence-electron chi connectivity index (χ0n) is 18.4.